The van der Waals surface area contributed by atoms with Gasteiger partial charge >= 0.3 is 0 Å². The van der Waals surface area contributed by atoms with E-state index in [1.165, 1.54) is 5.39 Å². The Hall–Kier alpha value is -3.27. The van der Waals surface area contributed by atoms with Crippen molar-refractivity contribution in [3.63, 3.8) is 0 Å². The zero-order chi connectivity index (χ0) is 18.1. The summed E-state index contributed by atoms with van der Waals surface area (Å²) >= 11 is 0. The smallest absolute Gasteiger partial charge is 0.265 e. The number of amides is 1. The van der Waals surface area contributed by atoms with E-state index in [4.69, 9.17) is 4.74 Å². The number of aromatic amines is 1. The van der Waals surface area contributed by atoms with Crippen molar-refractivity contribution in [1.29, 1.82) is 0 Å². The molecule has 0 aliphatic carbocycles. The van der Waals surface area contributed by atoms with Crippen LogP contribution in [0.2, 0.25) is 0 Å². The number of nitrogens with one attached hydrogen (secondary N) is 2. The molecule has 0 spiro atoms. The molecule has 0 unspecified atom stereocenters. The number of carbonyl (C=O) groups excluding carboxylic acids is 1. The molecule has 1 heterocycles. The van der Waals surface area contributed by atoms with Crippen LogP contribution >= 0.6 is 0 Å². The first kappa shape index (κ1) is 16.2. The van der Waals surface area contributed by atoms with E-state index >= 15 is 0 Å². The van der Waals surface area contributed by atoms with Crippen LogP contribution in [0, 0.1) is 6.92 Å². The lowest BCUT2D eigenvalue weighted by atomic mass is 10.1. The average molecular weight is 344 g/mol. The zero-order valence-corrected chi connectivity index (χ0v) is 14.7. The standard InChI is InChI=1S/C22H20N2O2/c1-14-6-5-7-16(12-14)23-22(25)15(2)26-17-10-11-19-18-8-3-4-9-20(18)24-21(19)13-17/h3-13,15,24H,1-2H3,(H,23,25)/t15-/m1/s1. The number of benzene rings is 3. The second kappa shape index (κ2) is 6.56. The Balaban J connectivity index is 1.52. The Morgan fingerprint density at radius 3 is 2.62 bits per heavy atom. The summed E-state index contributed by atoms with van der Waals surface area (Å²) in [5.74, 6) is 0.489. The maximum atomic E-state index is 12.4. The van der Waals surface area contributed by atoms with Crippen LogP contribution in [0.15, 0.2) is 66.7 Å². The van der Waals surface area contributed by atoms with Crippen LogP contribution < -0.4 is 10.1 Å². The number of aromatic nitrogens is 1. The van der Waals surface area contributed by atoms with Crippen molar-refractivity contribution in [2.24, 2.45) is 0 Å². The molecule has 1 atom stereocenters. The van der Waals surface area contributed by atoms with Crippen LogP contribution in [-0.2, 0) is 4.79 Å². The number of rotatable bonds is 4. The molecule has 4 nitrogen and oxygen atoms in total. The van der Waals surface area contributed by atoms with Gasteiger partial charge in [-0.1, -0.05) is 30.3 Å². The zero-order valence-electron chi connectivity index (χ0n) is 14.7. The molecule has 2 N–H and O–H groups in total. The number of hydrogen-bond acceptors (Lipinski definition) is 2. The highest BCUT2D eigenvalue weighted by Crippen LogP contribution is 2.28. The first-order chi connectivity index (χ1) is 12.6. The van der Waals surface area contributed by atoms with Gasteiger partial charge in [-0.25, -0.2) is 0 Å². The number of anilines is 1. The second-order valence-electron chi connectivity index (χ2n) is 6.50. The minimum absolute atomic E-state index is 0.174. The van der Waals surface area contributed by atoms with E-state index in [0.29, 0.717) is 5.75 Å². The quantitative estimate of drug-likeness (QED) is 0.545. The van der Waals surface area contributed by atoms with Gasteiger partial charge < -0.3 is 15.0 Å². The van der Waals surface area contributed by atoms with Gasteiger partial charge in [-0.3, -0.25) is 4.79 Å². The maximum absolute atomic E-state index is 12.4. The lowest BCUT2D eigenvalue weighted by Crippen LogP contribution is -2.30. The Labute approximate surface area is 151 Å². The third-order valence-electron chi connectivity index (χ3n) is 4.45. The highest BCUT2D eigenvalue weighted by Gasteiger charge is 2.15. The molecule has 4 aromatic rings. The monoisotopic (exact) mass is 344 g/mol. The molecule has 0 fully saturated rings. The predicted octanol–water partition coefficient (Wildman–Crippen LogP) is 5.04. The third kappa shape index (κ3) is 3.14. The van der Waals surface area contributed by atoms with Crippen LogP contribution in [0.3, 0.4) is 0 Å². The molecule has 4 rings (SSSR count). The van der Waals surface area contributed by atoms with Crippen molar-refractivity contribution in [2.45, 2.75) is 20.0 Å². The minimum atomic E-state index is -0.600. The molecule has 1 amide bonds. The van der Waals surface area contributed by atoms with Gasteiger partial charge in [0, 0.05) is 28.0 Å². The van der Waals surface area contributed by atoms with Gasteiger partial charge in [-0.05, 0) is 49.7 Å². The van der Waals surface area contributed by atoms with E-state index < -0.39 is 6.10 Å². The van der Waals surface area contributed by atoms with Gasteiger partial charge in [0.05, 0.1) is 5.52 Å². The Bertz CT molecular complexity index is 1100. The molecule has 26 heavy (non-hydrogen) atoms. The molecular formula is C22H20N2O2. The largest absolute Gasteiger partial charge is 0.481 e. The fraction of sp³-hybridized carbons (Fsp3) is 0.136. The van der Waals surface area contributed by atoms with Gasteiger partial charge in [0.2, 0.25) is 0 Å². The molecule has 1 aromatic heterocycles. The molecule has 3 aromatic carbocycles. The van der Waals surface area contributed by atoms with E-state index in [-0.39, 0.29) is 5.91 Å². The summed E-state index contributed by atoms with van der Waals surface area (Å²) < 4.78 is 5.85. The lowest BCUT2D eigenvalue weighted by Gasteiger charge is -2.15. The van der Waals surface area contributed by atoms with Crippen molar-refractivity contribution in [2.75, 3.05) is 5.32 Å². The summed E-state index contributed by atoms with van der Waals surface area (Å²) in [7, 11) is 0. The van der Waals surface area contributed by atoms with Gasteiger partial charge in [-0.2, -0.15) is 0 Å². The summed E-state index contributed by atoms with van der Waals surface area (Å²) in [6.45, 7) is 3.74. The average Bonchev–Trinajstić information content (AvgIpc) is 2.99. The van der Waals surface area contributed by atoms with Crippen LogP contribution in [0.5, 0.6) is 5.75 Å². The fourth-order valence-electron chi connectivity index (χ4n) is 3.13. The molecule has 130 valence electrons. The normalized spacial score (nSPS) is 12.2. The highest BCUT2D eigenvalue weighted by atomic mass is 16.5. The van der Waals surface area contributed by atoms with Crippen LogP contribution in [-0.4, -0.2) is 17.0 Å². The topological polar surface area (TPSA) is 54.1 Å². The van der Waals surface area contributed by atoms with Gasteiger partial charge in [0.15, 0.2) is 6.10 Å². The molecule has 0 radical (unpaired) electrons. The van der Waals surface area contributed by atoms with Crippen molar-refractivity contribution in [1.82, 2.24) is 4.98 Å². The lowest BCUT2D eigenvalue weighted by molar-refractivity contribution is -0.122. The summed E-state index contributed by atoms with van der Waals surface area (Å²) in [5, 5.41) is 5.21. The Kier molecular flexibility index (Phi) is 4.09. The molecule has 0 bridgehead atoms. The van der Waals surface area contributed by atoms with Crippen molar-refractivity contribution in [3.8, 4) is 5.75 Å². The number of H-pyrrole nitrogens is 1. The number of fused-ring (bicyclic) bond motifs is 3. The first-order valence-electron chi connectivity index (χ1n) is 8.65. The third-order valence-corrected chi connectivity index (χ3v) is 4.45. The van der Waals surface area contributed by atoms with Crippen LogP contribution in [0.25, 0.3) is 21.8 Å². The Morgan fingerprint density at radius 1 is 0.962 bits per heavy atom. The van der Waals surface area contributed by atoms with Crippen molar-refractivity contribution < 1.29 is 9.53 Å². The van der Waals surface area contributed by atoms with Gasteiger partial charge in [-0.15, -0.1) is 0 Å². The van der Waals surface area contributed by atoms with E-state index in [0.717, 1.165) is 27.7 Å². The predicted molar refractivity (Wildman–Crippen MR) is 106 cm³/mol. The fourth-order valence-corrected chi connectivity index (χ4v) is 3.13. The molecule has 0 aliphatic heterocycles. The molecule has 0 saturated carbocycles. The van der Waals surface area contributed by atoms with Gasteiger partial charge in [0.1, 0.15) is 5.75 Å². The number of aryl methyl sites for hydroxylation is 1. The first-order valence-corrected chi connectivity index (χ1v) is 8.65. The van der Waals surface area contributed by atoms with Crippen molar-refractivity contribution in [3.05, 3.63) is 72.3 Å². The van der Waals surface area contributed by atoms with E-state index in [1.807, 2.05) is 67.6 Å². The molecule has 0 saturated heterocycles. The van der Waals surface area contributed by atoms with Crippen LogP contribution in [0.1, 0.15) is 12.5 Å². The number of carbonyl (C=O) groups is 1. The van der Waals surface area contributed by atoms with E-state index in [1.54, 1.807) is 6.92 Å². The van der Waals surface area contributed by atoms with Crippen molar-refractivity contribution >= 4 is 33.4 Å². The number of hydrogen-bond donors (Lipinski definition) is 2. The Morgan fingerprint density at radius 2 is 1.77 bits per heavy atom. The summed E-state index contributed by atoms with van der Waals surface area (Å²) in [4.78, 5) is 15.8. The maximum Gasteiger partial charge on any atom is 0.265 e. The number of ether oxygens (including phenoxy) is 1. The summed E-state index contributed by atoms with van der Waals surface area (Å²) in [6.07, 6.45) is -0.600. The molecule has 0 aliphatic rings. The minimum Gasteiger partial charge on any atom is -0.481 e. The SMILES string of the molecule is Cc1cccc(NC(=O)[C@@H](C)Oc2ccc3c(c2)[nH]c2ccccc23)c1. The van der Waals surface area contributed by atoms with E-state index in [2.05, 4.69) is 16.4 Å². The highest BCUT2D eigenvalue weighted by molar-refractivity contribution is 6.07. The van der Waals surface area contributed by atoms with Gasteiger partial charge in [0.25, 0.3) is 5.91 Å². The molecular weight excluding hydrogens is 324 g/mol. The second-order valence-corrected chi connectivity index (χ2v) is 6.50. The van der Waals surface area contributed by atoms with Crippen LogP contribution in [0.4, 0.5) is 5.69 Å². The van der Waals surface area contributed by atoms with E-state index in [9.17, 15) is 4.79 Å². The number of para-hydroxylation sites is 1. The summed E-state index contributed by atoms with van der Waals surface area (Å²) in [5.41, 5.74) is 3.96. The summed E-state index contributed by atoms with van der Waals surface area (Å²) in [6, 6.07) is 21.7. The molecule has 4 heteroatoms.